The number of halogens is 1. The van der Waals surface area contributed by atoms with Gasteiger partial charge in [0.15, 0.2) is 0 Å². The molecule has 2 aromatic rings. The Labute approximate surface area is 80.5 Å². The minimum Gasteiger partial charge on any atom is -0.412 e. The molecule has 2 rings (SSSR count). The fourth-order valence-electron chi connectivity index (χ4n) is 0.919. The van der Waals surface area contributed by atoms with Crippen LogP contribution in [0.25, 0.3) is 10.2 Å². The minimum absolute atomic E-state index is 0. The Morgan fingerprint density at radius 1 is 1.42 bits per heavy atom. The zero-order valence-corrected chi connectivity index (χ0v) is 8.33. The fraction of sp³-hybridized carbons (Fsp3) is 0. The summed E-state index contributed by atoms with van der Waals surface area (Å²) in [5, 5.41) is 0. The number of hydrogen-bond acceptors (Lipinski definition) is 2. The van der Waals surface area contributed by atoms with Gasteiger partial charge >= 0.3 is 4.87 Å². The molecule has 0 saturated heterocycles. The molecule has 3 nitrogen and oxygen atoms in total. The molecule has 1 aromatic heterocycles. The number of H-pyrrole nitrogens is 1. The van der Waals surface area contributed by atoms with Crippen LogP contribution in [0.2, 0.25) is 0 Å². The number of rotatable bonds is 0. The number of benzene rings is 1. The molecule has 0 unspecified atom stereocenters. The maximum absolute atomic E-state index is 10.8. The van der Waals surface area contributed by atoms with E-state index in [2.05, 4.69) is 20.9 Å². The van der Waals surface area contributed by atoms with Crippen LogP contribution in [-0.4, -0.2) is 10.5 Å². The van der Waals surface area contributed by atoms with Crippen molar-refractivity contribution in [2.75, 3.05) is 0 Å². The van der Waals surface area contributed by atoms with Gasteiger partial charge in [-0.15, -0.1) is 0 Å². The zero-order valence-electron chi connectivity index (χ0n) is 5.93. The van der Waals surface area contributed by atoms with Crippen molar-refractivity contribution in [2.24, 2.45) is 0 Å². The van der Waals surface area contributed by atoms with Gasteiger partial charge in [-0.2, -0.15) is 0 Å². The number of aromatic amines is 1. The van der Waals surface area contributed by atoms with E-state index in [9.17, 15) is 4.79 Å². The second-order valence-electron chi connectivity index (χ2n) is 2.16. The predicted octanol–water partition coefficient (Wildman–Crippen LogP) is 1.53. The van der Waals surface area contributed by atoms with Crippen LogP contribution < -0.4 is 4.87 Å². The van der Waals surface area contributed by atoms with Gasteiger partial charge in [0.05, 0.1) is 10.2 Å². The largest absolute Gasteiger partial charge is 0.412 e. The van der Waals surface area contributed by atoms with Crippen LogP contribution in [0.3, 0.4) is 0 Å². The van der Waals surface area contributed by atoms with Crippen LogP contribution >= 0.6 is 27.3 Å². The zero-order chi connectivity index (χ0) is 7.84. The molecular weight excluding hydrogens is 242 g/mol. The van der Waals surface area contributed by atoms with Crippen LogP contribution in [0.15, 0.2) is 27.5 Å². The van der Waals surface area contributed by atoms with Gasteiger partial charge in [-0.05, 0) is 18.2 Å². The smallest absolute Gasteiger partial charge is 0.305 e. The van der Waals surface area contributed by atoms with E-state index in [0.717, 1.165) is 14.7 Å². The number of nitrogens with one attached hydrogen (secondary N) is 1. The van der Waals surface area contributed by atoms with E-state index in [-0.39, 0.29) is 10.3 Å². The maximum Gasteiger partial charge on any atom is 0.305 e. The monoisotopic (exact) mass is 247 g/mol. The lowest BCUT2D eigenvalue weighted by atomic mass is 10.3. The summed E-state index contributed by atoms with van der Waals surface area (Å²) >= 11 is 4.56. The molecule has 0 atom stereocenters. The number of fused-ring (bicyclic) bond motifs is 1. The molecule has 0 amide bonds. The molecule has 0 radical (unpaired) electrons. The highest BCUT2D eigenvalue weighted by Gasteiger charge is 1.97. The molecule has 3 N–H and O–H groups in total. The Hall–Kier alpha value is -0.650. The van der Waals surface area contributed by atoms with Crippen molar-refractivity contribution >= 4 is 37.5 Å². The minimum atomic E-state index is -0.00176. The van der Waals surface area contributed by atoms with Crippen molar-refractivity contribution in [2.45, 2.75) is 0 Å². The second-order valence-corrected chi connectivity index (χ2v) is 4.09. The van der Waals surface area contributed by atoms with Crippen molar-refractivity contribution in [3.8, 4) is 0 Å². The molecule has 1 heterocycles. The van der Waals surface area contributed by atoms with Gasteiger partial charge in [-0.25, -0.2) is 0 Å². The first-order valence-electron chi connectivity index (χ1n) is 3.04. The molecule has 0 fully saturated rings. The lowest BCUT2D eigenvalue weighted by Gasteiger charge is -1.87. The Morgan fingerprint density at radius 3 is 2.92 bits per heavy atom. The van der Waals surface area contributed by atoms with E-state index >= 15 is 0 Å². The highest BCUT2D eigenvalue weighted by Crippen LogP contribution is 2.19. The topological polar surface area (TPSA) is 64.4 Å². The molecule has 0 bridgehead atoms. The van der Waals surface area contributed by atoms with Gasteiger partial charge < -0.3 is 10.5 Å². The average molecular weight is 248 g/mol. The fourth-order valence-corrected chi connectivity index (χ4v) is 2.21. The third kappa shape index (κ3) is 1.57. The van der Waals surface area contributed by atoms with Gasteiger partial charge in [-0.1, -0.05) is 27.3 Å². The van der Waals surface area contributed by atoms with E-state index in [1.54, 1.807) is 0 Å². The Balaban J connectivity index is 0.000000720. The van der Waals surface area contributed by atoms with E-state index in [1.165, 1.54) is 11.3 Å². The molecule has 64 valence electrons. The van der Waals surface area contributed by atoms with Crippen molar-refractivity contribution in [1.82, 2.24) is 4.98 Å². The highest BCUT2D eigenvalue weighted by molar-refractivity contribution is 9.10. The maximum atomic E-state index is 10.8. The molecule has 0 spiro atoms. The second kappa shape index (κ2) is 3.38. The number of thiazole rings is 1. The highest BCUT2D eigenvalue weighted by atomic mass is 79.9. The summed E-state index contributed by atoms with van der Waals surface area (Å²) in [6.45, 7) is 0. The van der Waals surface area contributed by atoms with Crippen molar-refractivity contribution in [1.29, 1.82) is 0 Å². The Morgan fingerprint density at radius 2 is 2.17 bits per heavy atom. The van der Waals surface area contributed by atoms with Crippen LogP contribution in [0.5, 0.6) is 0 Å². The first-order chi connectivity index (χ1) is 5.25. The van der Waals surface area contributed by atoms with E-state index < -0.39 is 0 Å². The first-order valence-corrected chi connectivity index (χ1v) is 4.65. The number of aromatic nitrogens is 1. The standard InChI is InChI=1S/C7H4BrNOS.H2O/c8-4-1-2-5-6(3-4)11-7(10)9-5;/h1-3H,(H,9,10);1H2. The van der Waals surface area contributed by atoms with Gasteiger partial charge in [-0.3, -0.25) is 4.79 Å². The van der Waals surface area contributed by atoms with E-state index in [1.807, 2.05) is 18.2 Å². The summed E-state index contributed by atoms with van der Waals surface area (Å²) in [5.41, 5.74) is 0.906. The molecule has 0 aliphatic rings. The van der Waals surface area contributed by atoms with Crippen molar-refractivity contribution in [3.05, 3.63) is 32.3 Å². The summed E-state index contributed by atoms with van der Waals surface area (Å²) in [6.07, 6.45) is 0. The average Bonchev–Trinajstić information content (AvgIpc) is 2.27. The Bertz CT molecular complexity index is 448. The summed E-state index contributed by atoms with van der Waals surface area (Å²) in [4.78, 5) is 13.6. The first kappa shape index (κ1) is 9.44. The van der Waals surface area contributed by atoms with Crippen LogP contribution in [0.1, 0.15) is 0 Å². The third-order valence-corrected chi connectivity index (χ3v) is 2.72. The van der Waals surface area contributed by atoms with Gasteiger partial charge in [0, 0.05) is 4.47 Å². The van der Waals surface area contributed by atoms with Crippen molar-refractivity contribution in [3.63, 3.8) is 0 Å². The summed E-state index contributed by atoms with van der Waals surface area (Å²) < 4.78 is 1.99. The van der Waals surface area contributed by atoms with Crippen LogP contribution in [0.4, 0.5) is 0 Å². The molecule has 0 saturated carbocycles. The molecule has 1 aromatic carbocycles. The van der Waals surface area contributed by atoms with Crippen LogP contribution in [0, 0.1) is 0 Å². The lowest BCUT2D eigenvalue weighted by Crippen LogP contribution is -1.89. The molecular formula is C7H6BrNO2S. The normalized spacial score (nSPS) is 9.75. The SMILES string of the molecule is O.O=c1[nH]c2ccc(Br)cc2s1. The molecule has 12 heavy (non-hydrogen) atoms. The summed E-state index contributed by atoms with van der Waals surface area (Å²) in [6, 6.07) is 5.72. The summed E-state index contributed by atoms with van der Waals surface area (Å²) in [5.74, 6) is 0. The lowest BCUT2D eigenvalue weighted by molar-refractivity contribution is 0.824. The molecule has 0 aliphatic carbocycles. The predicted molar refractivity (Wildman–Crippen MR) is 53.8 cm³/mol. The number of hydrogen-bond donors (Lipinski definition) is 1. The van der Waals surface area contributed by atoms with E-state index in [0.29, 0.717) is 0 Å². The van der Waals surface area contributed by atoms with Gasteiger partial charge in [0.25, 0.3) is 0 Å². The van der Waals surface area contributed by atoms with Gasteiger partial charge in [0.2, 0.25) is 0 Å². The quantitative estimate of drug-likeness (QED) is 0.754. The molecule has 0 aliphatic heterocycles. The Kier molecular flexibility index (Phi) is 2.66. The molecule has 5 heteroatoms. The van der Waals surface area contributed by atoms with Crippen molar-refractivity contribution < 1.29 is 5.48 Å². The van der Waals surface area contributed by atoms with E-state index in [4.69, 9.17) is 0 Å². The summed E-state index contributed by atoms with van der Waals surface area (Å²) in [7, 11) is 0. The van der Waals surface area contributed by atoms with Gasteiger partial charge in [0.1, 0.15) is 0 Å². The van der Waals surface area contributed by atoms with Crippen LogP contribution in [-0.2, 0) is 0 Å². The third-order valence-electron chi connectivity index (χ3n) is 1.38.